The maximum absolute atomic E-state index is 12.2. The zero-order valence-corrected chi connectivity index (χ0v) is 13.6. The molecule has 0 spiro atoms. The number of amides is 1. The highest BCUT2D eigenvalue weighted by molar-refractivity contribution is 6.29. The van der Waals surface area contributed by atoms with Crippen molar-refractivity contribution in [2.75, 3.05) is 0 Å². The molecule has 3 nitrogen and oxygen atoms in total. The van der Waals surface area contributed by atoms with E-state index in [-0.39, 0.29) is 11.9 Å². The minimum Gasteiger partial charge on any atom is -0.350 e. The highest BCUT2D eigenvalue weighted by atomic mass is 35.5. The third kappa shape index (κ3) is 5.91. The average molecular weight is 297 g/mol. The number of nitrogens with one attached hydrogen (secondary N) is 1. The van der Waals surface area contributed by atoms with Gasteiger partial charge in [-0.15, -0.1) is 0 Å². The lowest BCUT2D eigenvalue weighted by Crippen LogP contribution is -2.32. The SMILES string of the molecule is CCc1cc(C(=O)NC(C)CCCC(C)C)cc(Cl)n1. The standard InChI is InChI=1S/C16H25ClN2O/c1-5-14-9-13(10-15(17)19-14)16(20)18-12(4)8-6-7-11(2)3/h9-12H,5-8H2,1-4H3,(H,18,20). The molecular weight excluding hydrogens is 272 g/mol. The number of aryl methyl sites for hydroxylation is 1. The van der Waals surface area contributed by atoms with Crippen molar-refractivity contribution in [2.45, 2.75) is 59.4 Å². The molecule has 1 heterocycles. The van der Waals surface area contributed by atoms with E-state index in [1.54, 1.807) is 6.07 Å². The molecule has 0 radical (unpaired) electrons. The molecule has 0 aliphatic carbocycles. The van der Waals surface area contributed by atoms with E-state index in [0.29, 0.717) is 16.6 Å². The van der Waals surface area contributed by atoms with Crippen molar-refractivity contribution in [3.63, 3.8) is 0 Å². The highest BCUT2D eigenvalue weighted by Gasteiger charge is 2.12. The molecule has 1 rings (SSSR count). The maximum atomic E-state index is 12.2. The third-order valence-electron chi connectivity index (χ3n) is 3.27. The molecule has 0 fully saturated rings. The summed E-state index contributed by atoms with van der Waals surface area (Å²) in [6.45, 7) is 8.47. The summed E-state index contributed by atoms with van der Waals surface area (Å²) in [6, 6.07) is 3.61. The summed E-state index contributed by atoms with van der Waals surface area (Å²) in [5.74, 6) is 0.644. The summed E-state index contributed by atoms with van der Waals surface area (Å²) in [5, 5.41) is 3.40. The summed E-state index contributed by atoms with van der Waals surface area (Å²) >= 11 is 5.94. The molecule has 1 atom stereocenters. The van der Waals surface area contributed by atoms with Crippen LogP contribution in [0.2, 0.25) is 5.15 Å². The molecule has 0 aliphatic rings. The predicted octanol–water partition coefficient (Wildman–Crippen LogP) is 4.24. The number of hydrogen-bond donors (Lipinski definition) is 1. The van der Waals surface area contributed by atoms with Gasteiger partial charge in [-0.2, -0.15) is 0 Å². The maximum Gasteiger partial charge on any atom is 0.251 e. The third-order valence-corrected chi connectivity index (χ3v) is 3.46. The van der Waals surface area contributed by atoms with Gasteiger partial charge in [0.1, 0.15) is 5.15 Å². The van der Waals surface area contributed by atoms with Crippen molar-refractivity contribution < 1.29 is 4.79 Å². The quantitative estimate of drug-likeness (QED) is 0.765. The Hall–Kier alpha value is -1.09. The first-order valence-corrected chi connectivity index (χ1v) is 7.77. The lowest BCUT2D eigenvalue weighted by molar-refractivity contribution is 0.0937. The van der Waals surface area contributed by atoms with E-state index in [2.05, 4.69) is 24.1 Å². The van der Waals surface area contributed by atoms with Crippen LogP contribution < -0.4 is 5.32 Å². The van der Waals surface area contributed by atoms with Crippen LogP contribution in [0.25, 0.3) is 0 Å². The van der Waals surface area contributed by atoms with Gasteiger partial charge in [0.05, 0.1) is 0 Å². The second kappa shape index (κ2) is 8.25. The monoisotopic (exact) mass is 296 g/mol. The first-order valence-electron chi connectivity index (χ1n) is 7.39. The van der Waals surface area contributed by atoms with E-state index < -0.39 is 0 Å². The molecule has 1 aromatic heterocycles. The van der Waals surface area contributed by atoms with Crippen LogP contribution in [-0.4, -0.2) is 16.9 Å². The fraction of sp³-hybridized carbons (Fsp3) is 0.625. The van der Waals surface area contributed by atoms with Crippen molar-refractivity contribution in [3.05, 3.63) is 28.5 Å². The van der Waals surface area contributed by atoms with Gasteiger partial charge in [-0.3, -0.25) is 4.79 Å². The van der Waals surface area contributed by atoms with Gasteiger partial charge in [0.2, 0.25) is 0 Å². The molecule has 1 unspecified atom stereocenters. The van der Waals surface area contributed by atoms with Gasteiger partial charge in [-0.05, 0) is 37.8 Å². The van der Waals surface area contributed by atoms with Crippen LogP contribution in [-0.2, 0) is 6.42 Å². The second-order valence-electron chi connectivity index (χ2n) is 5.72. The minimum absolute atomic E-state index is 0.0685. The zero-order valence-electron chi connectivity index (χ0n) is 12.9. The summed E-state index contributed by atoms with van der Waals surface area (Å²) < 4.78 is 0. The number of nitrogens with zero attached hydrogens (tertiary/aromatic N) is 1. The largest absolute Gasteiger partial charge is 0.350 e. The Labute approximate surface area is 127 Å². The molecule has 112 valence electrons. The summed E-state index contributed by atoms with van der Waals surface area (Å²) in [4.78, 5) is 16.3. The van der Waals surface area contributed by atoms with Crippen molar-refractivity contribution >= 4 is 17.5 Å². The summed E-state index contributed by atoms with van der Waals surface area (Å²) in [5.41, 5.74) is 1.44. The number of halogens is 1. The summed E-state index contributed by atoms with van der Waals surface area (Å²) in [6.07, 6.45) is 4.10. The van der Waals surface area contributed by atoms with E-state index in [1.165, 1.54) is 6.42 Å². The van der Waals surface area contributed by atoms with Gasteiger partial charge >= 0.3 is 0 Å². The lowest BCUT2D eigenvalue weighted by atomic mass is 10.0. The van der Waals surface area contributed by atoms with Gasteiger partial charge in [0.15, 0.2) is 0 Å². The number of rotatable bonds is 7. The van der Waals surface area contributed by atoms with Gasteiger partial charge in [-0.25, -0.2) is 4.98 Å². The number of hydrogen-bond acceptors (Lipinski definition) is 2. The molecule has 0 aromatic carbocycles. The van der Waals surface area contributed by atoms with Crippen LogP contribution in [0.4, 0.5) is 0 Å². The Balaban J connectivity index is 2.55. The molecule has 1 amide bonds. The highest BCUT2D eigenvalue weighted by Crippen LogP contribution is 2.13. The molecular formula is C16H25ClN2O. The molecule has 0 saturated carbocycles. The number of carbonyl (C=O) groups is 1. The van der Waals surface area contributed by atoms with Crippen molar-refractivity contribution in [1.29, 1.82) is 0 Å². The number of carbonyl (C=O) groups excluding carboxylic acids is 1. The van der Waals surface area contributed by atoms with Crippen LogP contribution in [0, 0.1) is 5.92 Å². The van der Waals surface area contributed by atoms with Crippen molar-refractivity contribution in [1.82, 2.24) is 10.3 Å². The van der Waals surface area contributed by atoms with E-state index >= 15 is 0 Å². The topological polar surface area (TPSA) is 42.0 Å². The molecule has 1 aromatic rings. The van der Waals surface area contributed by atoms with Crippen molar-refractivity contribution in [2.24, 2.45) is 5.92 Å². The van der Waals surface area contributed by atoms with Crippen LogP contribution >= 0.6 is 11.6 Å². The Bertz CT molecular complexity index is 446. The Morgan fingerprint density at radius 1 is 1.30 bits per heavy atom. The fourth-order valence-corrected chi connectivity index (χ4v) is 2.30. The Morgan fingerprint density at radius 2 is 2.00 bits per heavy atom. The van der Waals surface area contributed by atoms with Gasteiger partial charge in [0.25, 0.3) is 5.91 Å². The number of pyridine rings is 1. The molecule has 0 aliphatic heterocycles. The zero-order chi connectivity index (χ0) is 15.1. The molecule has 0 saturated heterocycles. The van der Waals surface area contributed by atoms with Crippen molar-refractivity contribution in [3.8, 4) is 0 Å². The van der Waals surface area contributed by atoms with Crippen LogP contribution in [0.5, 0.6) is 0 Å². The van der Waals surface area contributed by atoms with Crippen LogP contribution in [0.3, 0.4) is 0 Å². The molecule has 1 N–H and O–H groups in total. The van der Waals surface area contributed by atoms with E-state index in [1.807, 2.05) is 19.9 Å². The molecule has 20 heavy (non-hydrogen) atoms. The predicted molar refractivity (Wildman–Crippen MR) is 84.2 cm³/mol. The normalized spacial score (nSPS) is 12.5. The van der Waals surface area contributed by atoms with E-state index in [9.17, 15) is 4.79 Å². The van der Waals surface area contributed by atoms with Crippen LogP contribution in [0.15, 0.2) is 12.1 Å². The first-order chi connectivity index (χ1) is 9.42. The second-order valence-corrected chi connectivity index (χ2v) is 6.11. The molecule has 0 bridgehead atoms. The van der Waals surface area contributed by atoms with Gasteiger partial charge in [-0.1, -0.05) is 45.2 Å². The fourth-order valence-electron chi connectivity index (χ4n) is 2.08. The minimum atomic E-state index is -0.0685. The van der Waals surface area contributed by atoms with Gasteiger partial charge < -0.3 is 5.32 Å². The number of aromatic nitrogens is 1. The lowest BCUT2D eigenvalue weighted by Gasteiger charge is -2.15. The summed E-state index contributed by atoms with van der Waals surface area (Å²) in [7, 11) is 0. The molecule has 4 heteroatoms. The van der Waals surface area contributed by atoms with Crippen LogP contribution in [0.1, 0.15) is 63.0 Å². The Morgan fingerprint density at radius 3 is 2.60 bits per heavy atom. The van der Waals surface area contributed by atoms with E-state index in [4.69, 9.17) is 11.6 Å². The Kier molecular flexibility index (Phi) is 7.00. The van der Waals surface area contributed by atoms with E-state index in [0.717, 1.165) is 25.0 Å². The average Bonchev–Trinajstić information content (AvgIpc) is 2.37. The van der Waals surface area contributed by atoms with Gasteiger partial charge in [0, 0.05) is 17.3 Å². The first kappa shape index (κ1) is 17.0. The smallest absolute Gasteiger partial charge is 0.251 e.